The molecule has 1 aliphatic rings. The van der Waals surface area contributed by atoms with Crippen molar-refractivity contribution in [3.63, 3.8) is 0 Å². The van der Waals surface area contributed by atoms with Gasteiger partial charge in [0.25, 0.3) is 5.91 Å². The van der Waals surface area contributed by atoms with E-state index >= 15 is 0 Å². The third-order valence-corrected chi connectivity index (χ3v) is 5.70. The number of hydrogen-bond acceptors (Lipinski definition) is 8. The Hall–Kier alpha value is -3.81. The van der Waals surface area contributed by atoms with E-state index in [0.717, 1.165) is 4.90 Å². The highest BCUT2D eigenvalue weighted by atomic mass is 32.2. The van der Waals surface area contributed by atoms with Gasteiger partial charge in [-0.15, -0.1) is 0 Å². The zero-order valence-electron chi connectivity index (χ0n) is 16.6. The van der Waals surface area contributed by atoms with E-state index < -0.39 is 22.3 Å². The molecule has 1 heterocycles. The van der Waals surface area contributed by atoms with E-state index in [2.05, 4.69) is 10.2 Å². The lowest BCUT2D eigenvalue weighted by Gasteiger charge is -2.18. The first-order chi connectivity index (χ1) is 14.7. The van der Waals surface area contributed by atoms with Crippen LogP contribution in [-0.4, -0.2) is 37.6 Å². The van der Waals surface area contributed by atoms with E-state index in [1.54, 1.807) is 30.3 Å². The van der Waals surface area contributed by atoms with Gasteiger partial charge in [0.1, 0.15) is 22.3 Å². The molecule has 3 rings (SSSR count). The second-order valence-corrected chi connectivity index (χ2v) is 8.09. The fourth-order valence-electron chi connectivity index (χ4n) is 2.67. The molecule has 2 aromatic carbocycles. The Morgan fingerprint density at radius 2 is 1.84 bits per heavy atom. The van der Waals surface area contributed by atoms with Crippen LogP contribution in [0.25, 0.3) is 0 Å². The SMILES string of the molecule is CC1=C(C#N)C(=O)N(C)C(O)C=C1N=Nc1cccc(OS(=O)(=O)c2ccccc2)c1. The summed E-state index contributed by atoms with van der Waals surface area (Å²) in [6.45, 7) is 1.53. The Kier molecular flexibility index (Phi) is 6.29. The minimum atomic E-state index is -4.01. The molecule has 1 N–H and O–H groups in total. The number of nitriles is 1. The first-order valence-electron chi connectivity index (χ1n) is 9.02. The van der Waals surface area contributed by atoms with Gasteiger partial charge in [-0.05, 0) is 42.8 Å². The molecule has 158 valence electrons. The fraction of sp³-hybridized carbons (Fsp3) is 0.143. The number of aliphatic hydroxyl groups excluding tert-OH is 1. The quantitative estimate of drug-likeness (QED) is 0.563. The summed E-state index contributed by atoms with van der Waals surface area (Å²) in [6.07, 6.45) is 0.00862. The van der Waals surface area contributed by atoms with Crippen LogP contribution in [0.1, 0.15) is 6.92 Å². The topological polar surface area (TPSA) is 132 Å². The normalized spacial score (nSPS) is 17.4. The van der Waals surface area contributed by atoms with Crippen molar-refractivity contribution in [3.05, 3.63) is 77.5 Å². The van der Waals surface area contributed by atoms with Crippen LogP contribution in [0.3, 0.4) is 0 Å². The van der Waals surface area contributed by atoms with E-state index in [-0.39, 0.29) is 33.2 Å². The van der Waals surface area contributed by atoms with Crippen LogP contribution >= 0.6 is 0 Å². The van der Waals surface area contributed by atoms with Crippen LogP contribution in [0.2, 0.25) is 0 Å². The molecule has 1 unspecified atom stereocenters. The number of azo groups is 1. The van der Waals surface area contributed by atoms with Crippen LogP contribution in [0.4, 0.5) is 5.69 Å². The van der Waals surface area contributed by atoms with Gasteiger partial charge in [0, 0.05) is 13.1 Å². The predicted octanol–water partition coefficient (Wildman–Crippen LogP) is 3.05. The van der Waals surface area contributed by atoms with E-state index in [1.165, 1.54) is 44.3 Å². The highest BCUT2D eigenvalue weighted by Crippen LogP contribution is 2.27. The van der Waals surface area contributed by atoms with Gasteiger partial charge in [-0.25, -0.2) is 0 Å². The predicted molar refractivity (Wildman–Crippen MR) is 110 cm³/mol. The molecule has 0 saturated carbocycles. The van der Waals surface area contributed by atoms with Crippen molar-refractivity contribution >= 4 is 21.7 Å². The van der Waals surface area contributed by atoms with Gasteiger partial charge in [0.05, 0.1) is 11.4 Å². The molecule has 10 heteroatoms. The summed E-state index contributed by atoms with van der Waals surface area (Å²) in [5.41, 5.74) is 0.519. The van der Waals surface area contributed by atoms with E-state index in [9.17, 15) is 23.6 Å². The molecule has 0 fully saturated rings. The monoisotopic (exact) mass is 438 g/mol. The smallest absolute Gasteiger partial charge is 0.339 e. The number of hydrogen-bond donors (Lipinski definition) is 1. The Balaban J connectivity index is 1.88. The van der Waals surface area contributed by atoms with Crippen molar-refractivity contribution in [3.8, 4) is 11.8 Å². The molecule has 1 atom stereocenters. The summed E-state index contributed by atoms with van der Waals surface area (Å²) in [6, 6.07) is 15.5. The van der Waals surface area contributed by atoms with Gasteiger partial charge in [-0.1, -0.05) is 24.3 Å². The third kappa shape index (κ3) is 4.85. The molecule has 0 saturated heterocycles. The van der Waals surface area contributed by atoms with Crippen LogP contribution in [0.5, 0.6) is 5.75 Å². The zero-order valence-corrected chi connectivity index (χ0v) is 17.4. The molecule has 1 amide bonds. The average molecular weight is 438 g/mol. The molecular weight excluding hydrogens is 420 g/mol. The lowest BCUT2D eigenvalue weighted by atomic mass is 10.1. The van der Waals surface area contributed by atoms with Crippen molar-refractivity contribution in [2.45, 2.75) is 18.0 Å². The molecular formula is C21H18N4O5S. The minimum absolute atomic E-state index is 0.0122. The van der Waals surface area contributed by atoms with Crippen molar-refractivity contribution in [1.82, 2.24) is 4.90 Å². The molecule has 9 nitrogen and oxygen atoms in total. The van der Waals surface area contributed by atoms with E-state index in [1.807, 2.05) is 6.07 Å². The molecule has 0 radical (unpaired) electrons. The number of rotatable bonds is 5. The molecule has 1 aliphatic heterocycles. The molecule has 0 spiro atoms. The number of nitrogens with zero attached hydrogens (tertiary/aromatic N) is 4. The maximum absolute atomic E-state index is 12.4. The van der Waals surface area contributed by atoms with E-state index in [0.29, 0.717) is 0 Å². The Morgan fingerprint density at radius 3 is 2.52 bits per heavy atom. The summed E-state index contributed by atoms with van der Waals surface area (Å²) >= 11 is 0. The summed E-state index contributed by atoms with van der Waals surface area (Å²) in [5.74, 6) is -0.592. The number of benzene rings is 2. The summed E-state index contributed by atoms with van der Waals surface area (Å²) < 4.78 is 29.9. The van der Waals surface area contributed by atoms with Crippen LogP contribution < -0.4 is 4.18 Å². The molecule has 0 aliphatic carbocycles. The van der Waals surface area contributed by atoms with Crippen LogP contribution in [-0.2, 0) is 14.9 Å². The zero-order chi connectivity index (χ0) is 22.6. The van der Waals surface area contributed by atoms with Crippen molar-refractivity contribution < 1.29 is 22.5 Å². The Labute approximate surface area is 179 Å². The standard InChI is InChI=1S/C21H18N4O5S/c1-14-18(13-22)21(27)25(2)20(26)12-19(14)24-23-15-7-6-8-16(11-15)30-31(28,29)17-9-4-3-5-10-17/h3-12,20,26H,1-2H3. The summed E-state index contributed by atoms with van der Waals surface area (Å²) in [4.78, 5) is 13.2. The molecule has 0 aromatic heterocycles. The number of carbonyl (C=O) groups excluding carboxylic acids is 1. The Morgan fingerprint density at radius 1 is 1.13 bits per heavy atom. The van der Waals surface area contributed by atoms with Gasteiger partial charge in [0.15, 0.2) is 6.23 Å². The number of allylic oxidation sites excluding steroid dienone is 1. The maximum Gasteiger partial charge on any atom is 0.339 e. The third-order valence-electron chi connectivity index (χ3n) is 4.44. The van der Waals surface area contributed by atoms with E-state index in [4.69, 9.17) is 4.18 Å². The van der Waals surface area contributed by atoms with Crippen LogP contribution in [0.15, 0.2) is 92.6 Å². The lowest BCUT2D eigenvalue weighted by molar-refractivity contribution is -0.131. The van der Waals surface area contributed by atoms with Crippen molar-refractivity contribution in [1.29, 1.82) is 5.26 Å². The van der Waals surface area contributed by atoms with Gasteiger partial charge in [-0.2, -0.15) is 23.9 Å². The fourth-order valence-corrected chi connectivity index (χ4v) is 3.62. The number of likely N-dealkylation sites (N-methyl/N-ethyl adjacent to an activating group) is 1. The van der Waals surface area contributed by atoms with Crippen LogP contribution in [0, 0.1) is 11.3 Å². The second kappa shape index (κ2) is 8.91. The summed E-state index contributed by atoms with van der Waals surface area (Å²) in [5, 5.41) is 27.5. The van der Waals surface area contributed by atoms with Gasteiger partial charge < -0.3 is 14.2 Å². The van der Waals surface area contributed by atoms with Crippen molar-refractivity contribution in [2.24, 2.45) is 10.2 Å². The van der Waals surface area contributed by atoms with Crippen molar-refractivity contribution in [2.75, 3.05) is 7.05 Å². The number of aliphatic hydroxyl groups is 1. The summed E-state index contributed by atoms with van der Waals surface area (Å²) in [7, 11) is -2.65. The largest absolute Gasteiger partial charge is 0.379 e. The highest BCUT2D eigenvalue weighted by Gasteiger charge is 2.27. The van der Waals surface area contributed by atoms with Gasteiger partial charge in [-0.3, -0.25) is 4.79 Å². The first-order valence-corrected chi connectivity index (χ1v) is 10.4. The number of amides is 1. The molecule has 2 aromatic rings. The molecule has 0 bridgehead atoms. The Bertz CT molecular complexity index is 1240. The highest BCUT2D eigenvalue weighted by molar-refractivity contribution is 7.87. The van der Waals surface area contributed by atoms with Gasteiger partial charge in [0.2, 0.25) is 0 Å². The average Bonchev–Trinajstić information content (AvgIpc) is 2.83. The minimum Gasteiger partial charge on any atom is -0.379 e. The first kappa shape index (κ1) is 21.9. The maximum atomic E-state index is 12.4. The molecule has 31 heavy (non-hydrogen) atoms. The second-order valence-electron chi connectivity index (χ2n) is 6.54. The number of carbonyl (C=O) groups is 1. The van der Waals surface area contributed by atoms with Gasteiger partial charge >= 0.3 is 10.1 Å². The lowest BCUT2D eigenvalue weighted by Crippen LogP contribution is -2.35.